The fraction of sp³-hybridized carbons (Fsp3) is 0.141. The molecule has 0 aliphatic rings. The number of hydrogen-bond acceptors (Lipinski definition) is 1. The average Bonchev–Trinajstić information content (AvgIpc) is 1.51. The smallest absolute Gasteiger partial charge is 0.308 e. The number of alkyl halides is 30. The van der Waals surface area contributed by atoms with Gasteiger partial charge in [-0.2, -0.15) is 137 Å². The van der Waals surface area contributed by atoms with Crippen LogP contribution in [0.25, 0.3) is 111 Å². The van der Waals surface area contributed by atoms with E-state index in [1.54, 1.807) is 6.07 Å². The molecule has 0 N–H and O–H groups in total. The Hall–Kier alpha value is -10.8. The minimum absolute atomic E-state index is 0.0238. The molecule has 33 heteroatoms. The number of halogens is 30. The fourth-order valence-electron chi connectivity index (χ4n) is 12.2. The van der Waals surface area contributed by atoms with Crippen LogP contribution in [0, 0.1) is 11.3 Å². The van der Waals surface area contributed by atoms with Gasteiger partial charge in [-0.05, 0) is 171 Å². The molecule has 2 aromatic heterocycles. The summed E-state index contributed by atoms with van der Waals surface area (Å²) >= 11 is 0. The lowest BCUT2D eigenvalue weighted by Gasteiger charge is -2.24. The Balaban J connectivity index is 1.32. The number of rotatable bonds is 7. The van der Waals surface area contributed by atoms with Gasteiger partial charge in [0.1, 0.15) is 0 Å². The highest BCUT2D eigenvalue weighted by Gasteiger charge is 2.44. The summed E-state index contributed by atoms with van der Waals surface area (Å²) < 4.78 is 443. The van der Waals surface area contributed by atoms with Crippen molar-refractivity contribution in [2.45, 2.75) is 61.8 Å². The van der Waals surface area contributed by atoms with Crippen molar-refractivity contribution in [3.05, 3.63) is 237 Å². The number of hydrogen-bond donors (Lipinski definition) is 0. The third kappa shape index (κ3) is 13.8. The second kappa shape index (κ2) is 24.1. The zero-order valence-electron chi connectivity index (χ0n) is 50.4. The van der Waals surface area contributed by atoms with Crippen LogP contribution in [0.1, 0.15) is 61.2 Å². The lowest BCUT2D eigenvalue weighted by atomic mass is 9.92. The van der Waals surface area contributed by atoms with E-state index in [2.05, 4.69) is 0 Å². The standard InChI is InChI=1S/C71H29F30N3/c72-62(73,74)40-5-10-53(54(29-40)71(99,100)101)61-59(103-55-21-32(36-13-41(63(75,76)77)25-42(14-36)64(78,79)80)1-6-49(55)50-7-2-33(22-56(50)103)37-15-43(65(81,82)83)26-44(16-37)66(84,85)86)11-31(30-102)12-60(61)104-57-23-34(38-17-45(67(87,88)89)27-46(18-38)68(90,91)92)3-8-51(57)52-9-4-35(24-58(52)104)39-19-47(69(93,94)95)28-48(20-39)70(96,97)98/h1-29H. The number of benzene rings is 10. The van der Waals surface area contributed by atoms with Gasteiger partial charge in [0.15, 0.2) is 0 Å². The van der Waals surface area contributed by atoms with Crippen molar-refractivity contribution in [2.75, 3.05) is 0 Å². The van der Waals surface area contributed by atoms with Crippen LogP contribution < -0.4 is 0 Å². The summed E-state index contributed by atoms with van der Waals surface area (Å²) in [7, 11) is 0. The van der Waals surface area contributed by atoms with Crippen LogP contribution in [-0.2, 0) is 61.8 Å². The van der Waals surface area contributed by atoms with Gasteiger partial charge < -0.3 is 9.13 Å². The minimum Gasteiger partial charge on any atom is -0.308 e. The fourth-order valence-corrected chi connectivity index (χ4v) is 12.2. The molecule has 0 amide bonds. The molecular formula is C71H29F30N3. The van der Waals surface area contributed by atoms with E-state index in [1.165, 1.54) is 0 Å². The van der Waals surface area contributed by atoms with E-state index in [9.17, 15) is 124 Å². The Kier molecular flexibility index (Phi) is 16.9. The van der Waals surface area contributed by atoms with Crippen LogP contribution in [0.3, 0.4) is 0 Å². The van der Waals surface area contributed by atoms with E-state index in [4.69, 9.17) is 0 Å². The predicted octanol–water partition coefficient (Wildman–Crippen LogP) is 26.3. The highest BCUT2D eigenvalue weighted by molar-refractivity contribution is 6.14. The van der Waals surface area contributed by atoms with Gasteiger partial charge in [0.25, 0.3) is 0 Å². The van der Waals surface area contributed by atoms with Crippen molar-refractivity contribution in [3.63, 3.8) is 0 Å². The summed E-state index contributed by atoms with van der Waals surface area (Å²) in [6, 6.07) is 12.9. The number of nitrogens with zero attached hydrogens (tertiary/aromatic N) is 3. The molecule has 104 heavy (non-hydrogen) atoms. The Bertz CT molecular complexity index is 4840. The Morgan fingerprint density at radius 2 is 0.452 bits per heavy atom. The van der Waals surface area contributed by atoms with Gasteiger partial charge in [-0.3, -0.25) is 0 Å². The van der Waals surface area contributed by atoms with Gasteiger partial charge in [0.2, 0.25) is 0 Å². The molecule has 3 nitrogen and oxygen atoms in total. The molecule has 0 bridgehead atoms. The lowest BCUT2D eigenvalue weighted by Crippen LogP contribution is -2.14. The van der Waals surface area contributed by atoms with Crippen LogP contribution in [0.4, 0.5) is 132 Å². The summed E-state index contributed by atoms with van der Waals surface area (Å²) in [5, 5.41) is 9.72. The highest BCUT2D eigenvalue weighted by atomic mass is 19.4. The Labute approximate surface area is 560 Å². The van der Waals surface area contributed by atoms with Gasteiger partial charge in [-0.25, -0.2) is 0 Å². The molecule has 538 valence electrons. The second-order valence-corrected chi connectivity index (χ2v) is 23.5. The zero-order chi connectivity index (χ0) is 76.3. The molecule has 10 aromatic carbocycles. The zero-order valence-corrected chi connectivity index (χ0v) is 50.4. The van der Waals surface area contributed by atoms with Crippen LogP contribution in [0.15, 0.2) is 176 Å². The van der Waals surface area contributed by atoms with Gasteiger partial charge in [-0.15, -0.1) is 0 Å². The van der Waals surface area contributed by atoms with E-state index in [-0.39, 0.29) is 106 Å². The number of fused-ring (bicyclic) bond motifs is 6. The lowest BCUT2D eigenvalue weighted by molar-refractivity contribution is -0.144. The third-order valence-corrected chi connectivity index (χ3v) is 16.8. The summed E-state index contributed by atoms with van der Waals surface area (Å²) in [5.41, 5.74) is -35.1. The molecular weight excluding hydrogens is 1460 g/mol. The van der Waals surface area contributed by atoms with Crippen LogP contribution >= 0.6 is 0 Å². The molecule has 0 aliphatic heterocycles. The number of nitriles is 1. The average molecular weight is 1490 g/mol. The molecule has 12 rings (SSSR count). The van der Waals surface area contributed by atoms with E-state index in [0.29, 0.717) is 21.3 Å². The van der Waals surface area contributed by atoms with Crippen molar-refractivity contribution in [3.8, 4) is 73.1 Å². The maximum Gasteiger partial charge on any atom is 0.417 e. The van der Waals surface area contributed by atoms with Gasteiger partial charge in [0.05, 0.1) is 101 Å². The molecule has 2 heterocycles. The molecule has 0 unspecified atom stereocenters. The maximum atomic E-state index is 16.2. The quantitative estimate of drug-likeness (QED) is 0.146. The first-order valence-electron chi connectivity index (χ1n) is 29.0. The second-order valence-electron chi connectivity index (χ2n) is 23.5. The van der Waals surface area contributed by atoms with Gasteiger partial charge in [-0.1, -0.05) is 54.6 Å². The monoisotopic (exact) mass is 1490 g/mol. The van der Waals surface area contributed by atoms with E-state index in [0.717, 1.165) is 72.8 Å². The largest absolute Gasteiger partial charge is 0.417 e. The van der Waals surface area contributed by atoms with Crippen molar-refractivity contribution in [1.82, 2.24) is 9.13 Å². The Morgan fingerprint density at radius 3 is 0.654 bits per heavy atom. The SMILES string of the molecule is N#Cc1cc(-n2c3cc(-c4cc(C(F)(F)F)cc(C(F)(F)F)c4)ccc3c3ccc(-c4cc(C(F)(F)F)cc(C(F)(F)F)c4)cc32)c(-c2ccc(C(F)(F)F)cc2C(F)(F)F)c(-n2c3cc(-c4cc(C(F)(F)F)cc(C(F)(F)F)c4)ccc3c3ccc(-c4cc(C(F)(F)F)cc(C(F)(F)F)c4)cc32)c1. The summed E-state index contributed by atoms with van der Waals surface area (Å²) in [5.74, 6) is 0. The first-order chi connectivity index (χ1) is 47.8. The van der Waals surface area contributed by atoms with Gasteiger partial charge in [0, 0.05) is 27.1 Å². The summed E-state index contributed by atoms with van der Waals surface area (Å²) in [6.45, 7) is 0. The molecule has 0 spiro atoms. The predicted molar refractivity (Wildman–Crippen MR) is 317 cm³/mol. The molecule has 0 atom stereocenters. The van der Waals surface area contributed by atoms with E-state index < -0.39 is 218 Å². The number of aromatic nitrogens is 2. The molecule has 0 saturated carbocycles. The topological polar surface area (TPSA) is 33.6 Å². The maximum absolute atomic E-state index is 16.2. The molecule has 0 fully saturated rings. The highest BCUT2D eigenvalue weighted by Crippen LogP contribution is 2.52. The van der Waals surface area contributed by atoms with E-state index >= 15 is 13.2 Å². The molecule has 0 saturated heterocycles. The molecule has 0 radical (unpaired) electrons. The normalized spacial score (nSPS) is 13.5. The molecule has 12 aromatic rings. The minimum atomic E-state index is -6.07. The van der Waals surface area contributed by atoms with E-state index in [1.807, 2.05) is 0 Å². The summed E-state index contributed by atoms with van der Waals surface area (Å²) in [6.07, 6.45) is -56.4. The van der Waals surface area contributed by atoms with Crippen molar-refractivity contribution in [1.29, 1.82) is 5.26 Å². The van der Waals surface area contributed by atoms with Gasteiger partial charge >= 0.3 is 61.8 Å². The Morgan fingerprint density at radius 1 is 0.221 bits per heavy atom. The molecule has 0 aliphatic carbocycles. The van der Waals surface area contributed by atoms with Crippen LogP contribution in [0.5, 0.6) is 0 Å². The van der Waals surface area contributed by atoms with Crippen molar-refractivity contribution >= 4 is 43.6 Å². The summed E-state index contributed by atoms with van der Waals surface area (Å²) in [4.78, 5) is 0. The third-order valence-electron chi connectivity index (χ3n) is 16.8. The first kappa shape index (κ1) is 73.0. The van der Waals surface area contributed by atoms with Crippen LogP contribution in [0.2, 0.25) is 0 Å². The first-order valence-corrected chi connectivity index (χ1v) is 29.0. The van der Waals surface area contributed by atoms with Crippen molar-refractivity contribution in [2.24, 2.45) is 0 Å². The van der Waals surface area contributed by atoms with Crippen molar-refractivity contribution < 1.29 is 132 Å². The van der Waals surface area contributed by atoms with Crippen LogP contribution in [-0.4, -0.2) is 9.13 Å².